The van der Waals surface area contributed by atoms with E-state index in [9.17, 15) is 5.11 Å². The number of benzene rings is 1. The summed E-state index contributed by atoms with van der Waals surface area (Å²) in [6, 6.07) is 3.40. The molecule has 0 radical (unpaired) electrons. The smallest absolute Gasteiger partial charge is 0.203 e. The molecule has 0 atom stereocenters. The van der Waals surface area contributed by atoms with Crippen LogP contribution in [0.3, 0.4) is 0 Å². The van der Waals surface area contributed by atoms with Crippen LogP contribution in [-0.4, -0.2) is 39.3 Å². The number of rotatable bonds is 5. The molecule has 2 heterocycles. The molecule has 0 aliphatic carbocycles. The van der Waals surface area contributed by atoms with E-state index in [4.69, 9.17) is 9.47 Å². The molecule has 0 saturated carbocycles. The van der Waals surface area contributed by atoms with Gasteiger partial charge in [0.05, 0.1) is 20.5 Å². The molecule has 0 aliphatic heterocycles. The lowest BCUT2D eigenvalue weighted by Gasteiger charge is -2.12. The van der Waals surface area contributed by atoms with Crippen molar-refractivity contribution >= 4 is 17.0 Å². The third-order valence-corrected chi connectivity index (χ3v) is 3.20. The van der Waals surface area contributed by atoms with Gasteiger partial charge in [-0.25, -0.2) is 15.0 Å². The fourth-order valence-corrected chi connectivity index (χ4v) is 2.19. The number of aromatic hydroxyl groups is 1. The third-order valence-electron chi connectivity index (χ3n) is 3.20. The highest BCUT2D eigenvalue weighted by molar-refractivity contribution is 5.81. The van der Waals surface area contributed by atoms with Gasteiger partial charge in [0, 0.05) is 6.54 Å². The summed E-state index contributed by atoms with van der Waals surface area (Å²) < 4.78 is 10.3. The number of methoxy groups -OCH3 is 2. The van der Waals surface area contributed by atoms with Crippen LogP contribution in [0.25, 0.3) is 11.2 Å². The van der Waals surface area contributed by atoms with E-state index in [1.54, 1.807) is 18.5 Å². The van der Waals surface area contributed by atoms with E-state index in [-0.39, 0.29) is 5.75 Å². The lowest BCUT2D eigenvalue weighted by molar-refractivity contribution is 0.332. The zero-order chi connectivity index (χ0) is 15.5. The number of phenols is 1. The number of anilines is 1. The average Bonchev–Trinajstić information content (AvgIpc) is 3.01. The second-order valence-corrected chi connectivity index (χ2v) is 4.53. The Hall–Kier alpha value is -3.03. The summed E-state index contributed by atoms with van der Waals surface area (Å²) >= 11 is 0. The number of nitrogens with zero attached hydrogens (tertiary/aromatic N) is 3. The Kier molecular flexibility index (Phi) is 3.65. The molecule has 0 spiro atoms. The summed E-state index contributed by atoms with van der Waals surface area (Å²) in [5, 5.41) is 13.1. The molecule has 8 heteroatoms. The first-order valence-electron chi connectivity index (χ1n) is 6.54. The van der Waals surface area contributed by atoms with Crippen LogP contribution in [0.2, 0.25) is 0 Å². The number of hydrogen-bond donors (Lipinski definition) is 3. The number of aromatic nitrogens is 4. The van der Waals surface area contributed by atoms with Gasteiger partial charge >= 0.3 is 0 Å². The highest BCUT2D eigenvalue weighted by Gasteiger charge is 2.12. The van der Waals surface area contributed by atoms with Crippen LogP contribution in [0.4, 0.5) is 5.82 Å². The van der Waals surface area contributed by atoms with Crippen molar-refractivity contribution in [1.82, 2.24) is 19.9 Å². The summed E-state index contributed by atoms with van der Waals surface area (Å²) in [4.78, 5) is 15.3. The topological polar surface area (TPSA) is 105 Å². The van der Waals surface area contributed by atoms with Gasteiger partial charge in [0.2, 0.25) is 5.75 Å². The number of fused-ring (bicyclic) bond motifs is 1. The van der Waals surface area contributed by atoms with Crippen LogP contribution in [-0.2, 0) is 6.54 Å². The molecule has 3 N–H and O–H groups in total. The maximum atomic E-state index is 9.96. The summed E-state index contributed by atoms with van der Waals surface area (Å²) in [5.74, 6) is 1.43. The van der Waals surface area contributed by atoms with Gasteiger partial charge in [0.15, 0.2) is 23.0 Å². The van der Waals surface area contributed by atoms with Crippen molar-refractivity contribution < 1.29 is 14.6 Å². The van der Waals surface area contributed by atoms with E-state index in [0.717, 1.165) is 11.1 Å². The fourth-order valence-electron chi connectivity index (χ4n) is 2.19. The van der Waals surface area contributed by atoms with Crippen LogP contribution in [0, 0.1) is 0 Å². The van der Waals surface area contributed by atoms with Gasteiger partial charge in [0.25, 0.3) is 0 Å². The quantitative estimate of drug-likeness (QED) is 0.658. The van der Waals surface area contributed by atoms with Crippen LogP contribution >= 0.6 is 0 Å². The summed E-state index contributed by atoms with van der Waals surface area (Å²) in [5.41, 5.74) is 2.14. The molecule has 0 amide bonds. The first kappa shape index (κ1) is 13.9. The predicted octanol–water partition coefficient (Wildman–Crippen LogP) is 1.69. The molecule has 0 saturated heterocycles. The van der Waals surface area contributed by atoms with Crippen LogP contribution < -0.4 is 14.8 Å². The summed E-state index contributed by atoms with van der Waals surface area (Å²) in [7, 11) is 3.00. The number of phenolic OH excluding ortho intramolecular Hbond substituents is 1. The molecule has 0 aliphatic rings. The highest BCUT2D eigenvalue weighted by Crippen LogP contribution is 2.37. The normalized spacial score (nSPS) is 10.6. The molecule has 0 unspecified atom stereocenters. The maximum Gasteiger partial charge on any atom is 0.203 e. The summed E-state index contributed by atoms with van der Waals surface area (Å²) in [6.07, 6.45) is 3.00. The Balaban J connectivity index is 1.85. The SMILES string of the molecule is COc1cc(CNc2ncnc3nc[nH]c23)cc(O)c1OC. The van der Waals surface area contributed by atoms with Crippen molar-refractivity contribution in [2.45, 2.75) is 6.54 Å². The second-order valence-electron chi connectivity index (χ2n) is 4.53. The minimum Gasteiger partial charge on any atom is -0.504 e. The number of imidazole rings is 1. The standard InChI is InChI=1S/C14H15N5O3/c1-21-10-4-8(3-9(20)12(10)22-2)5-15-13-11-14(17-6-16-11)19-7-18-13/h3-4,6-7,20H,5H2,1-2H3,(H2,15,16,17,18,19). The van der Waals surface area contributed by atoms with Crippen molar-refractivity contribution in [3.05, 3.63) is 30.4 Å². The minimum atomic E-state index is 0.0213. The number of hydrogen-bond acceptors (Lipinski definition) is 7. The van der Waals surface area contributed by atoms with E-state index in [2.05, 4.69) is 25.3 Å². The van der Waals surface area contributed by atoms with E-state index in [0.29, 0.717) is 29.5 Å². The molecule has 1 aromatic carbocycles. The van der Waals surface area contributed by atoms with Crippen molar-refractivity contribution in [2.24, 2.45) is 0 Å². The Morgan fingerprint density at radius 1 is 1.18 bits per heavy atom. The van der Waals surface area contributed by atoms with Gasteiger partial charge in [-0.2, -0.15) is 0 Å². The molecule has 22 heavy (non-hydrogen) atoms. The van der Waals surface area contributed by atoms with Crippen molar-refractivity contribution in [3.8, 4) is 17.2 Å². The Bertz CT molecular complexity index is 802. The summed E-state index contributed by atoms with van der Waals surface area (Å²) in [6.45, 7) is 0.443. The number of aromatic amines is 1. The van der Waals surface area contributed by atoms with Crippen molar-refractivity contribution in [3.63, 3.8) is 0 Å². The second kappa shape index (κ2) is 5.76. The van der Waals surface area contributed by atoms with Gasteiger partial charge < -0.3 is 24.9 Å². The minimum absolute atomic E-state index is 0.0213. The average molecular weight is 301 g/mol. The Morgan fingerprint density at radius 3 is 2.82 bits per heavy atom. The molecule has 0 bridgehead atoms. The lowest BCUT2D eigenvalue weighted by atomic mass is 10.2. The van der Waals surface area contributed by atoms with Crippen molar-refractivity contribution in [2.75, 3.05) is 19.5 Å². The zero-order valence-electron chi connectivity index (χ0n) is 12.1. The van der Waals surface area contributed by atoms with Gasteiger partial charge in [-0.05, 0) is 17.7 Å². The zero-order valence-corrected chi connectivity index (χ0v) is 12.1. The molecular weight excluding hydrogens is 286 g/mol. The molecule has 114 valence electrons. The molecule has 3 rings (SSSR count). The molecule has 3 aromatic rings. The Morgan fingerprint density at radius 2 is 2.05 bits per heavy atom. The maximum absolute atomic E-state index is 9.96. The fraction of sp³-hybridized carbons (Fsp3) is 0.214. The van der Waals surface area contributed by atoms with Gasteiger partial charge in [-0.15, -0.1) is 0 Å². The lowest BCUT2D eigenvalue weighted by Crippen LogP contribution is -2.03. The molecule has 8 nitrogen and oxygen atoms in total. The van der Waals surface area contributed by atoms with E-state index < -0.39 is 0 Å². The van der Waals surface area contributed by atoms with E-state index in [1.807, 2.05) is 0 Å². The Labute approximate surface area is 126 Å². The third kappa shape index (κ3) is 2.46. The number of nitrogens with one attached hydrogen (secondary N) is 2. The molecule has 2 aromatic heterocycles. The number of H-pyrrole nitrogens is 1. The number of ether oxygens (including phenoxy) is 2. The van der Waals surface area contributed by atoms with Crippen LogP contribution in [0.5, 0.6) is 17.2 Å². The largest absolute Gasteiger partial charge is 0.504 e. The van der Waals surface area contributed by atoms with E-state index in [1.165, 1.54) is 20.5 Å². The van der Waals surface area contributed by atoms with Crippen LogP contribution in [0.1, 0.15) is 5.56 Å². The monoisotopic (exact) mass is 301 g/mol. The van der Waals surface area contributed by atoms with Gasteiger partial charge in [0.1, 0.15) is 11.8 Å². The van der Waals surface area contributed by atoms with E-state index >= 15 is 0 Å². The molecular formula is C14H15N5O3. The van der Waals surface area contributed by atoms with Gasteiger partial charge in [-0.1, -0.05) is 0 Å². The predicted molar refractivity (Wildman–Crippen MR) is 80.2 cm³/mol. The van der Waals surface area contributed by atoms with Gasteiger partial charge in [-0.3, -0.25) is 0 Å². The van der Waals surface area contributed by atoms with Crippen LogP contribution in [0.15, 0.2) is 24.8 Å². The first-order valence-corrected chi connectivity index (χ1v) is 6.54. The molecule has 0 fully saturated rings. The first-order chi connectivity index (χ1) is 10.7. The van der Waals surface area contributed by atoms with Crippen molar-refractivity contribution in [1.29, 1.82) is 0 Å². The highest BCUT2D eigenvalue weighted by atomic mass is 16.5.